The quantitative estimate of drug-likeness (QED) is 0.559. The Bertz CT molecular complexity index is 1100. The lowest BCUT2D eigenvalue weighted by molar-refractivity contribution is -0.782. The standard InChI is InChI=1S/C21H19F3N4O4/c1-13(8-14-6-4-3-5-7-14)28-12-18(32-27-28)19(29)26-20(30)25-16-9-15(21(22,23)24)10-17(11-16)31-2/h3-7,9-13H,8H2,1-2H3,(H-,25,26,29,30)/p+1. The molecule has 1 heterocycles. The normalized spacial score (nSPS) is 12.2. The molecular weight excluding hydrogens is 429 g/mol. The zero-order valence-corrected chi connectivity index (χ0v) is 17.1. The first-order chi connectivity index (χ1) is 15.2. The summed E-state index contributed by atoms with van der Waals surface area (Å²) in [5, 5.41) is 7.95. The smallest absolute Gasteiger partial charge is 0.416 e. The van der Waals surface area contributed by atoms with Gasteiger partial charge in [-0.2, -0.15) is 13.2 Å². The van der Waals surface area contributed by atoms with Crippen LogP contribution < -0.4 is 20.1 Å². The molecule has 168 valence electrons. The molecule has 0 saturated heterocycles. The van der Waals surface area contributed by atoms with Gasteiger partial charge in [-0.05, 0) is 22.4 Å². The van der Waals surface area contributed by atoms with Crippen molar-refractivity contribution in [3.8, 4) is 5.75 Å². The van der Waals surface area contributed by atoms with Crippen LogP contribution in [0.5, 0.6) is 5.75 Å². The highest BCUT2D eigenvalue weighted by atomic mass is 19.4. The third-order valence-electron chi connectivity index (χ3n) is 4.49. The Kier molecular flexibility index (Phi) is 6.76. The van der Waals surface area contributed by atoms with Gasteiger partial charge in [0.2, 0.25) is 0 Å². The van der Waals surface area contributed by atoms with Crippen molar-refractivity contribution in [2.45, 2.75) is 25.6 Å². The van der Waals surface area contributed by atoms with E-state index in [1.807, 2.05) is 42.6 Å². The highest BCUT2D eigenvalue weighted by Crippen LogP contribution is 2.34. The van der Waals surface area contributed by atoms with E-state index in [0.717, 1.165) is 17.7 Å². The number of anilines is 1. The largest absolute Gasteiger partial charge is 0.497 e. The molecule has 1 unspecified atom stereocenters. The minimum Gasteiger partial charge on any atom is -0.497 e. The molecule has 2 N–H and O–H groups in total. The van der Waals surface area contributed by atoms with Crippen LogP contribution in [-0.4, -0.2) is 24.3 Å². The summed E-state index contributed by atoms with van der Waals surface area (Å²) >= 11 is 0. The molecule has 0 spiro atoms. The maximum Gasteiger partial charge on any atom is 0.416 e. The van der Waals surface area contributed by atoms with E-state index in [1.165, 1.54) is 24.1 Å². The SMILES string of the molecule is COc1cc(NC(=O)NC(=O)c2c[n+](C(C)Cc3ccccc3)no2)cc(C(F)(F)F)c1. The molecule has 0 aliphatic heterocycles. The highest BCUT2D eigenvalue weighted by Gasteiger charge is 2.32. The number of aromatic nitrogens is 2. The number of ether oxygens (including phenoxy) is 1. The van der Waals surface area contributed by atoms with Gasteiger partial charge in [-0.3, -0.25) is 14.6 Å². The summed E-state index contributed by atoms with van der Waals surface area (Å²) in [5.41, 5.74) is -0.148. The third-order valence-corrected chi connectivity index (χ3v) is 4.49. The number of rotatable bonds is 6. The fourth-order valence-electron chi connectivity index (χ4n) is 2.89. The molecule has 1 aromatic heterocycles. The monoisotopic (exact) mass is 449 g/mol. The molecule has 8 nitrogen and oxygen atoms in total. The van der Waals surface area contributed by atoms with Gasteiger partial charge in [0.25, 0.3) is 12.0 Å². The maximum absolute atomic E-state index is 13.0. The maximum atomic E-state index is 13.0. The molecule has 11 heteroatoms. The van der Waals surface area contributed by atoms with Gasteiger partial charge in [0.05, 0.1) is 12.7 Å². The summed E-state index contributed by atoms with van der Waals surface area (Å²) in [6.07, 6.45) is -2.67. The van der Waals surface area contributed by atoms with Gasteiger partial charge in [0.1, 0.15) is 5.75 Å². The summed E-state index contributed by atoms with van der Waals surface area (Å²) in [4.78, 5) is 24.4. The average Bonchev–Trinajstić information content (AvgIpc) is 3.24. The second kappa shape index (κ2) is 9.50. The minimum atomic E-state index is -4.64. The third kappa shape index (κ3) is 5.84. The van der Waals surface area contributed by atoms with Gasteiger partial charge in [-0.15, -0.1) is 0 Å². The fourth-order valence-corrected chi connectivity index (χ4v) is 2.89. The van der Waals surface area contributed by atoms with Crippen LogP contribution in [-0.2, 0) is 12.6 Å². The first-order valence-electron chi connectivity index (χ1n) is 9.46. The van der Waals surface area contributed by atoms with Gasteiger partial charge in [0, 0.05) is 25.1 Å². The fraction of sp³-hybridized carbons (Fsp3) is 0.238. The Labute approximate surface area is 180 Å². The zero-order valence-electron chi connectivity index (χ0n) is 17.1. The van der Waals surface area contributed by atoms with Gasteiger partial charge in [-0.25, -0.2) is 4.79 Å². The summed E-state index contributed by atoms with van der Waals surface area (Å²) in [5.74, 6) is -1.24. The number of hydrogen-bond donors (Lipinski definition) is 2. The number of carbonyl (C=O) groups excluding carboxylic acids is 2. The zero-order chi connectivity index (χ0) is 23.3. The minimum absolute atomic E-state index is 0.106. The lowest BCUT2D eigenvalue weighted by atomic mass is 10.1. The number of imide groups is 1. The molecule has 2 aromatic carbocycles. The number of benzene rings is 2. The molecule has 0 saturated carbocycles. The number of alkyl halides is 3. The van der Waals surface area contributed by atoms with Crippen molar-refractivity contribution in [2.24, 2.45) is 0 Å². The Morgan fingerprint density at radius 2 is 1.91 bits per heavy atom. The Balaban J connectivity index is 1.63. The number of nitrogens with zero attached hydrogens (tertiary/aromatic N) is 2. The number of amides is 3. The van der Waals surface area contributed by atoms with Crippen molar-refractivity contribution in [3.05, 3.63) is 71.6 Å². The average molecular weight is 449 g/mol. The van der Waals surface area contributed by atoms with Crippen molar-refractivity contribution in [1.29, 1.82) is 0 Å². The van der Waals surface area contributed by atoms with Crippen LogP contribution >= 0.6 is 0 Å². The van der Waals surface area contributed by atoms with E-state index >= 15 is 0 Å². The molecule has 0 aliphatic carbocycles. The van der Waals surface area contributed by atoms with Crippen LogP contribution in [0.25, 0.3) is 0 Å². The molecule has 0 radical (unpaired) electrons. The predicted octanol–water partition coefficient (Wildman–Crippen LogP) is 3.76. The molecule has 3 rings (SSSR count). The van der Waals surface area contributed by atoms with Crippen LogP contribution in [0.2, 0.25) is 0 Å². The summed E-state index contributed by atoms with van der Waals surface area (Å²) in [6.45, 7) is 1.88. The Morgan fingerprint density at radius 3 is 2.56 bits per heavy atom. The Hall–Kier alpha value is -3.89. The number of halogens is 3. The van der Waals surface area contributed by atoms with E-state index < -0.39 is 23.7 Å². The van der Waals surface area contributed by atoms with Crippen LogP contribution in [0, 0.1) is 0 Å². The van der Waals surface area contributed by atoms with Crippen molar-refractivity contribution < 1.29 is 36.7 Å². The molecule has 3 amide bonds. The molecule has 0 bridgehead atoms. The second-order valence-corrected chi connectivity index (χ2v) is 6.94. The van der Waals surface area contributed by atoms with Crippen LogP contribution in [0.1, 0.15) is 34.6 Å². The van der Waals surface area contributed by atoms with E-state index in [0.29, 0.717) is 6.42 Å². The number of carbonyl (C=O) groups is 2. The van der Waals surface area contributed by atoms with E-state index in [-0.39, 0.29) is 23.2 Å². The molecular formula is C21H20F3N4O4+. The van der Waals surface area contributed by atoms with Crippen LogP contribution in [0.15, 0.2) is 59.3 Å². The first kappa shape index (κ1) is 22.8. The number of nitrogens with one attached hydrogen (secondary N) is 2. The van der Waals surface area contributed by atoms with Crippen LogP contribution in [0.3, 0.4) is 0 Å². The molecule has 0 aliphatic rings. The lowest BCUT2D eigenvalue weighted by Crippen LogP contribution is -2.40. The molecule has 0 fully saturated rings. The summed E-state index contributed by atoms with van der Waals surface area (Å²) in [7, 11) is 1.20. The molecule has 3 aromatic rings. The predicted molar refractivity (Wildman–Crippen MR) is 106 cm³/mol. The van der Waals surface area contributed by atoms with E-state index in [9.17, 15) is 22.8 Å². The van der Waals surface area contributed by atoms with Gasteiger partial charge in [0.15, 0.2) is 11.3 Å². The van der Waals surface area contributed by atoms with E-state index in [2.05, 4.69) is 10.6 Å². The number of hydrogen-bond acceptors (Lipinski definition) is 5. The van der Waals surface area contributed by atoms with Gasteiger partial charge < -0.3 is 10.1 Å². The first-order valence-corrected chi connectivity index (χ1v) is 9.46. The summed E-state index contributed by atoms with van der Waals surface area (Å²) in [6, 6.07) is 11.2. The van der Waals surface area contributed by atoms with Gasteiger partial charge in [-0.1, -0.05) is 30.3 Å². The summed E-state index contributed by atoms with van der Waals surface area (Å²) < 4.78 is 50.3. The van der Waals surface area contributed by atoms with Crippen molar-refractivity contribution in [3.63, 3.8) is 0 Å². The number of urea groups is 1. The van der Waals surface area contributed by atoms with Crippen molar-refractivity contribution in [1.82, 2.24) is 10.6 Å². The van der Waals surface area contributed by atoms with E-state index in [4.69, 9.17) is 9.26 Å². The lowest BCUT2D eigenvalue weighted by Gasteiger charge is -2.12. The molecule has 32 heavy (non-hydrogen) atoms. The van der Waals surface area contributed by atoms with Crippen molar-refractivity contribution >= 4 is 17.6 Å². The highest BCUT2D eigenvalue weighted by molar-refractivity contribution is 6.06. The second-order valence-electron chi connectivity index (χ2n) is 6.94. The Morgan fingerprint density at radius 1 is 1.19 bits per heavy atom. The topological polar surface area (TPSA) is 97.3 Å². The van der Waals surface area contributed by atoms with Crippen LogP contribution in [0.4, 0.5) is 23.7 Å². The number of methoxy groups -OCH3 is 1. The van der Waals surface area contributed by atoms with E-state index in [1.54, 1.807) is 0 Å². The van der Waals surface area contributed by atoms with Gasteiger partial charge >= 0.3 is 18.1 Å². The molecule has 1 atom stereocenters. The van der Waals surface area contributed by atoms with Crippen molar-refractivity contribution in [2.75, 3.05) is 12.4 Å².